The van der Waals surface area contributed by atoms with Gasteiger partial charge in [0, 0.05) is 13.1 Å². The van der Waals surface area contributed by atoms with Crippen molar-refractivity contribution in [2.75, 3.05) is 19.6 Å². The van der Waals surface area contributed by atoms with Gasteiger partial charge in [-0.05, 0) is 43.5 Å². The second kappa shape index (κ2) is 6.57. The lowest BCUT2D eigenvalue weighted by molar-refractivity contribution is -0.129. The summed E-state index contributed by atoms with van der Waals surface area (Å²) in [7, 11) is 0. The van der Waals surface area contributed by atoms with Gasteiger partial charge in [0.2, 0.25) is 5.91 Å². The Morgan fingerprint density at radius 1 is 1.37 bits per heavy atom. The first-order valence-electron chi connectivity index (χ1n) is 7.00. The molecule has 1 aromatic carbocycles. The van der Waals surface area contributed by atoms with E-state index in [-0.39, 0.29) is 17.7 Å². The number of carbonyl (C=O) groups excluding carboxylic acids is 1. The van der Waals surface area contributed by atoms with Crippen LogP contribution < -0.4 is 5.32 Å². The lowest BCUT2D eigenvalue weighted by Crippen LogP contribution is -2.39. The van der Waals surface area contributed by atoms with Crippen molar-refractivity contribution in [2.45, 2.75) is 32.2 Å². The highest BCUT2D eigenvalue weighted by molar-refractivity contribution is 5.83. The number of amides is 1. The second-order valence-electron chi connectivity index (χ2n) is 5.04. The van der Waals surface area contributed by atoms with Crippen LogP contribution in [0.4, 0.5) is 0 Å². The van der Waals surface area contributed by atoms with Crippen LogP contribution in [-0.2, 0) is 11.2 Å². The monoisotopic (exact) mass is 262 g/mol. The molecule has 0 aromatic heterocycles. The van der Waals surface area contributed by atoms with E-state index in [0.29, 0.717) is 0 Å². The number of carbonyl (C=O) groups is 1. The number of phenolic OH excluding ortho intramolecular Hbond substituents is 1. The maximum atomic E-state index is 12.1. The average Bonchev–Trinajstić information content (AvgIpc) is 2.77. The number of rotatable bonds is 6. The van der Waals surface area contributed by atoms with E-state index in [0.717, 1.165) is 44.5 Å². The fraction of sp³-hybridized carbons (Fsp3) is 0.533. The van der Waals surface area contributed by atoms with Crippen molar-refractivity contribution in [2.24, 2.45) is 0 Å². The Morgan fingerprint density at radius 2 is 2.11 bits per heavy atom. The van der Waals surface area contributed by atoms with Crippen LogP contribution in [0.1, 0.15) is 25.3 Å². The summed E-state index contributed by atoms with van der Waals surface area (Å²) < 4.78 is 0. The normalized spacial score (nSPS) is 19.1. The lowest BCUT2D eigenvalue weighted by Gasteiger charge is -2.17. The van der Waals surface area contributed by atoms with Crippen LogP contribution in [0.2, 0.25) is 0 Å². The standard InChI is InChI=1S/C15H22N2O2/c1-2-9-16-14-8-11-17(15(14)19)10-7-12-3-5-13(18)6-4-12/h3-6,14,16,18H,2,7-11H2,1H3. The van der Waals surface area contributed by atoms with Gasteiger partial charge < -0.3 is 15.3 Å². The number of hydrogen-bond acceptors (Lipinski definition) is 3. The van der Waals surface area contributed by atoms with Crippen LogP contribution in [0.3, 0.4) is 0 Å². The van der Waals surface area contributed by atoms with E-state index in [9.17, 15) is 9.90 Å². The summed E-state index contributed by atoms with van der Waals surface area (Å²) in [4.78, 5) is 14.0. The Balaban J connectivity index is 1.80. The molecule has 1 aromatic rings. The van der Waals surface area contributed by atoms with Gasteiger partial charge in [-0.1, -0.05) is 19.1 Å². The van der Waals surface area contributed by atoms with Crippen LogP contribution in [0.25, 0.3) is 0 Å². The molecule has 1 fully saturated rings. The molecular formula is C15H22N2O2. The van der Waals surface area contributed by atoms with Gasteiger partial charge in [0.1, 0.15) is 5.75 Å². The van der Waals surface area contributed by atoms with E-state index in [1.807, 2.05) is 17.0 Å². The van der Waals surface area contributed by atoms with Crippen molar-refractivity contribution >= 4 is 5.91 Å². The van der Waals surface area contributed by atoms with Gasteiger partial charge in [-0.15, -0.1) is 0 Å². The zero-order chi connectivity index (χ0) is 13.7. The summed E-state index contributed by atoms with van der Waals surface area (Å²) >= 11 is 0. The molecule has 1 heterocycles. The largest absolute Gasteiger partial charge is 0.508 e. The highest BCUT2D eigenvalue weighted by atomic mass is 16.3. The van der Waals surface area contributed by atoms with Crippen molar-refractivity contribution < 1.29 is 9.90 Å². The third-order valence-electron chi connectivity index (χ3n) is 3.54. The number of hydrogen-bond donors (Lipinski definition) is 2. The molecule has 1 amide bonds. The molecule has 4 heteroatoms. The van der Waals surface area contributed by atoms with Gasteiger partial charge in [-0.3, -0.25) is 4.79 Å². The molecule has 1 unspecified atom stereocenters. The summed E-state index contributed by atoms with van der Waals surface area (Å²) in [6.07, 6.45) is 2.80. The van der Waals surface area contributed by atoms with Gasteiger partial charge >= 0.3 is 0 Å². The summed E-state index contributed by atoms with van der Waals surface area (Å²) in [6.45, 7) is 4.61. The molecule has 1 atom stereocenters. The highest BCUT2D eigenvalue weighted by Gasteiger charge is 2.30. The molecular weight excluding hydrogens is 240 g/mol. The van der Waals surface area contributed by atoms with E-state index < -0.39 is 0 Å². The van der Waals surface area contributed by atoms with Crippen molar-refractivity contribution in [3.63, 3.8) is 0 Å². The minimum atomic E-state index is 0.0137. The maximum absolute atomic E-state index is 12.1. The van der Waals surface area contributed by atoms with Gasteiger partial charge in [0.25, 0.3) is 0 Å². The Morgan fingerprint density at radius 3 is 2.79 bits per heavy atom. The summed E-state index contributed by atoms with van der Waals surface area (Å²) in [5.41, 5.74) is 1.15. The Labute approximate surface area is 114 Å². The fourth-order valence-electron chi connectivity index (χ4n) is 2.40. The van der Waals surface area contributed by atoms with Crippen LogP contribution >= 0.6 is 0 Å². The molecule has 1 saturated heterocycles. The van der Waals surface area contributed by atoms with Crippen LogP contribution in [-0.4, -0.2) is 41.6 Å². The SMILES string of the molecule is CCCNC1CCN(CCc2ccc(O)cc2)C1=O. The Bertz CT molecular complexity index is 417. The molecule has 1 aliphatic heterocycles. The van der Waals surface area contributed by atoms with E-state index >= 15 is 0 Å². The van der Waals surface area contributed by atoms with E-state index in [1.165, 1.54) is 0 Å². The molecule has 2 N–H and O–H groups in total. The predicted molar refractivity (Wildman–Crippen MR) is 75.1 cm³/mol. The minimum absolute atomic E-state index is 0.0137. The molecule has 0 aliphatic carbocycles. The molecule has 104 valence electrons. The van der Waals surface area contributed by atoms with Crippen LogP contribution in [0.15, 0.2) is 24.3 Å². The van der Waals surface area contributed by atoms with E-state index in [2.05, 4.69) is 12.2 Å². The topological polar surface area (TPSA) is 52.6 Å². The quantitative estimate of drug-likeness (QED) is 0.817. The van der Waals surface area contributed by atoms with E-state index in [1.54, 1.807) is 12.1 Å². The number of nitrogens with one attached hydrogen (secondary N) is 1. The first kappa shape index (κ1) is 13.9. The van der Waals surface area contributed by atoms with Gasteiger partial charge in [0.15, 0.2) is 0 Å². The number of nitrogens with zero attached hydrogens (tertiary/aromatic N) is 1. The van der Waals surface area contributed by atoms with E-state index in [4.69, 9.17) is 0 Å². The van der Waals surface area contributed by atoms with Gasteiger partial charge in [-0.25, -0.2) is 0 Å². The highest BCUT2D eigenvalue weighted by Crippen LogP contribution is 2.14. The molecule has 0 saturated carbocycles. The van der Waals surface area contributed by atoms with Crippen molar-refractivity contribution in [3.8, 4) is 5.75 Å². The summed E-state index contributed by atoms with van der Waals surface area (Å²) in [6, 6.07) is 7.20. The Kier molecular flexibility index (Phi) is 4.80. The number of likely N-dealkylation sites (tertiary alicyclic amines) is 1. The molecule has 4 nitrogen and oxygen atoms in total. The second-order valence-corrected chi connectivity index (χ2v) is 5.04. The molecule has 0 spiro atoms. The van der Waals surface area contributed by atoms with Crippen molar-refractivity contribution in [1.29, 1.82) is 0 Å². The first-order chi connectivity index (χ1) is 9.20. The molecule has 0 bridgehead atoms. The third-order valence-corrected chi connectivity index (χ3v) is 3.54. The average molecular weight is 262 g/mol. The fourth-order valence-corrected chi connectivity index (χ4v) is 2.40. The molecule has 1 aliphatic rings. The predicted octanol–water partition coefficient (Wildman–Crippen LogP) is 1.54. The summed E-state index contributed by atoms with van der Waals surface area (Å²) in [5.74, 6) is 0.511. The smallest absolute Gasteiger partial charge is 0.239 e. The summed E-state index contributed by atoms with van der Waals surface area (Å²) in [5, 5.41) is 12.5. The minimum Gasteiger partial charge on any atom is -0.508 e. The molecule has 19 heavy (non-hydrogen) atoms. The number of phenols is 1. The van der Waals surface area contributed by atoms with Gasteiger partial charge in [-0.2, -0.15) is 0 Å². The first-order valence-corrected chi connectivity index (χ1v) is 7.00. The molecule has 2 rings (SSSR count). The zero-order valence-electron chi connectivity index (χ0n) is 11.4. The third kappa shape index (κ3) is 3.70. The van der Waals surface area contributed by atoms with Crippen molar-refractivity contribution in [1.82, 2.24) is 10.2 Å². The zero-order valence-corrected chi connectivity index (χ0v) is 11.4. The number of aromatic hydroxyl groups is 1. The maximum Gasteiger partial charge on any atom is 0.239 e. The van der Waals surface area contributed by atoms with Gasteiger partial charge in [0.05, 0.1) is 6.04 Å². The Hall–Kier alpha value is -1.55. The number of benzene rings is 1. The van der Waals surface area contributed by atoms with Crippen LogP contribution in [0, 0.1) is 0 Å². The lowest BCUT2D eigenvalue weighted by atomic mass is 10.1. The van der Waals surface area contributed by atoms with Crippen molar-refractivity contribution in [3.05, 3.63) is 29.8 Å². The molecule has 0 radical (unpaired) electrons. The van der Waals surface area contributed by atoms with Crippen LogP contribution in [0.5, 0.6) is 5.75 Å².